The molecular weight excluding hydrogens is 318 g/mol. The van der Waals surface area contributed by atoms with E-state index in [9.17, 15) is 0 Å². The van der Waals surface area contributed by atoms with Crippen LogP contribution in [0.2, 0.25) is 18.6 Å². The second-order valence-corrected chi connectivity index (χ2v) is 12.1. The average molecular weight is 356 g/mol. The van der Waals surface area contributed by atoms with Gasteiger partial charge in [-0.3, -0.25) is 4.90 Å². The highest BCUT2D eigenvalue weighted by Gasteiger charge is 2.34. The van der Waals surface area contributed by atoms with E-state index in [2.05, 4.69) is 69.3 Å². The largest absolute Gasteiger partial charge is 0.296 e. The molecular formula is C23H37NSi. The van der Waals surface area contributed by atoms with Gasteiger partial charge in [0, 0.05) is 21.4 Å². The summed E-state index contributed by atoms with van der Waals surface area (Å²) in [4.78, 5) is 2.66. The van der Waals surface area contributed by atoms with Crippen molar-refractivity contribution in [3.8, 4) is 0 Å². The Balaban J connectivity index is 1.82. The maximum Gasteiger partial charge on any atom is 0.0493 e. The maximum atomic E-state index is 2.67. The minimum atomic E-state index is -0.630. The molecule has 2 heteroatoms. The summed E-state index contributed by atoms with van der Waals surface area (Å²) in [7, 11) is 1.74. The van der Waals surface area contributed by atoms with Crippen LogP contribution in [0.1, 0.15) is 46.0 Å². The molecule has 0 saturated carbocycles. The molecule has 4 atom stereocenters. The molecule has 1 nitrogen and oxygen atoms in total. The van der Waals surface area contributed by atoms with Gasteiger partial charge in [0.05, 0.1) is 0 Å². The van der Waals surface area contributed by atoms with E-state index in [1.54, 1.807) is 16.7 Å². The minimum Gasteiger partial charge on any atom is -0.296 e. The fraction of sp³-hybridized carbons (Fsp3) is 0.652. The van der Waals surface area contributed by atoms with Gasteiger partial charge < -0.3 is 0 Å². The van der Waals surface area contributed by atoms with Crippen molar-refractivity contribution < 1.29 is 0 Å². The molecule has 0 radical (unpaired) electrons. The molecule has 0 bridgehead atoms. The van der Waals surface area contributed by atoms with Crippen LogP contribution in [-0.4, -0.2) is 33.3 Å². The Morgan fingerprint density at radius 3 is 2.68 bits per heavy atom. The van der Waals surface area contributed by atoms with Gasteiger partial charge in [-0.15, -0.1) is 0 Å². The van der Waals surface area contributed by atoms with Crippen molar-refractivity contribution in [2.75, 3.05) is 13.6 Å². The molecule has 0 aromatic rings. The predicted octanol–water partition coefficient (Wildman–Crippen LogP) is 5.74. The molecule has 4 unspecified atom stereocenters. The number of hydrogen-bond donors (Lipinski definition) is 0. The quantitative estimate of drug-likeness (QED) is 0.459. The van der Waals surface area contributed by atoms with E-state index in [4.69, 9.17) is 0 Å². The van der Waals surface area contributed by atoms with E-state index in [0.29, 0.717) is 6.04 Å². The van der Waals surface area contributed by atoms with Crippen LogP contribution in [0.3, 0.4) is 0 Å². The summed E-state index contributed by atoms with van der Waals surface area (Å²) in [6, 6.07) is 0.560. The van der Waals surface area contributed by atoms with Crippen molar-refractivity contribution in [1.29, 1.82) is 0 Å². The van der Waals surface area contributed by atoms with Gasteiger partial charge in [0.25, 0.3) is 0 Å². The van der Waals surface area contributed by atoms with Gasteiger partial charge in [0.15, 0.2) is 0 Å². The summed E-state index contributed by atoms with van der Waals surface area (Å²) in [6.07, 6.45) is 18.4. The molecule has 2 aliphatic carbocycles. The second-order valence-electron chi connectivity index (χ2n) is 8.85. The number of allylic oxidation sites excluding steroid dienone is 5. The smallest absolute Gasteiger partial charge is 0.0493 e. The maximum absolute atomic E-state index is 2.67. The van der Waals surface area contributed by atoms with Crippen molar-refractivity contribution in [3.05, 3.63) is 47.1 Å². The van der Waals surface area contributed by atoms with Gasteiger partial charge in [-0.05, 0) is 63.5 Å². The summed E-state index contributed by atoms with van der Waals surface area (Å²) in [5, 5.41) is 0. The zero-order valence-electron chi connectivity index (χ0n) is 17.0. The number of hydrogen-bond acceptors (Lipinski definition) is 1. The monoisotopic (exact) mass is 355 g/mol. The van der Waals surface area contributed by atoms with Crippen molar-refractivity contribution in [3.63, 3.8) is 0 Å². The first-order chi connectivity index (χ1) is 12.0. The standard InChI is InChI=1S/C23H37NSi/c1-6-18-15-22(24(3)16-23(18)25(4)5)21-14-20(13-12-17(21)2)19-10-8-7-9-11-19/h7-10,15,19-20,22-23,25H,6,11-14,16H2,1-5H3. The average Bonchev–Trinajstić information content (AvgIpc) is 2.63. The third kappa shape index (κ3) is 4.11. The lowest BCUT2D eigenvalue weighted by Gasteiger charge is -2.42. The van der Waals surface area contributed by atoms with Gasteiger partial charge in [0.1, 0.15) is 0 Å². The first kappa shape index (κ1) is 18.9. The van der Waals surface area contributed by atoms with Crippen LogP contribution in [0.25, 0.3) is 0 Å². The second kappa shape index (κ2) is 8.22. The highest BCUT2D eigenvalue weighted by Crippen LogP contribution is 2.41. The summed E-state index contributed by atoms with van der Waals surface area (Å²) in [5.41, 5.74) is 6.05. The first-order valence-corrected chi connectivity index (χ1v) is 13.4. The molecule has 0 amide bonds. The highest BCUT2D eigenvalue weighted by atomic mass is 28.3. The minimum absolute atomic E-state index is 0.560. The van der Waals surface area contributed by atoms with Crippen LogP contribution < -0.4 is 0 Å². The molecule has 1 heterocycles. The van der Waals surface area contributed by atoms with Crippen LogP contribution in [0.5, 0.6) is 0 Å². The lowest BCUT2D eigenvalue weighted by molar-refractivity contribution is 0.265. The highest BCUT2D eigenvalue weighted by molar-refractivity contribution is 6.58. The topological polar surface area (TPSA) is 3.24 Å². The third-order valence-electron chi connectivity index (χ3n) is 6.92. The molecule has 0 aromatic carbocycles. The Hall–Kier alpha value is -0.863. The zero-order valence-corrected chi connectivity index (χ0v) is 18.1. The fourth-order valence-electron chi connectivity index (χ4n) is 5.19. The van der Waals surface area contributed by atoms with Gasteiger partial charge in [-0.2, -0.15) is 0 Å². The Bertz CT molecular complexity index is 595. The van der Waals surface area contributed by atoms with E-state index in [1.165, 1.54) is 38.6 Å². The van der Waals surface area contributed by atoms with E-state index in [-0.39, 0.29) is 0 Å². The van der Waals surface area contributed by atoms with Gasteiger partial charge in [0.2, 0.25) is 0 Å². The van der Waals surface area contributed by atoms with Crippen molar-refractivity contribution in [2.45, 2.75) is 70.6 Å². The van der Waals surface area contributed by atoms with Gasteiger partial charge >= 0.3 is 0 Å². The Labute approximate surface area is 157 Å². The predicted molar refractivity (Wildman–Crippen MR) is 114 cm³/mol. The van der Waals surface area contributed by atoms with E-state index in [1.807, 2.05) is 0 Å². The van der Waals surface area contributed by atoms with Crippen LogP contribution in [-0.2, 0) is 0 Å². The first-order valence-electron chi connectivity index (χ1n) is 10.4. The van der Waals surface area contributed by atoms with E-state index < -0.39 is 8.80 Å². The molecule has 3 aliphatic rings. The van der Waals surface area contributed by atoms with Gasteiger partial charge in [-0.25, -0.2) is 0 Å². The Morgan fingerprint density at radius 1 is 1.24 bits per heavy atom. The van der Waals surface area contributed by atoms with Crippen molar-refractivity contribution in [2.24, 2.45) is 11.8 Å². The molecule has 138 valence electrons. The van der Waals surface area contributed by atoms with Crippen LogP contribution in [0, 0.1) is 11.8 Å². The molecule has 25 heavy (non-hydrogen) atoms. The number of nitrogens with zero attached hydrogens (tertiary/aromatic N) is 1. The molecule has 1 aliphatic heterocycles. The van der Waals surface area contributed by atoms with Crippen molar-refractivity contribution in [1.82, 2.24) is 4.90 Å². The summed E-state index contributed by atoms with van der Waals surface area (Å²) < 4.78 is 0. The lowest BCUT2D eigenvalue weighted by atomic mass is 9.73. The molecule has 0 saturated heterocycles. The molecule has 0 N–H and O–H groups in total. The van der Waals surface area contributed by atoms with Crippen LogP contribution >= 0.6 is 0 Å². The number of rotatable bonds is 4. The normalized spacial score (nSPS) is 33.9. The number of likely N-dealkylation sites (N-methyl/N-ethyl adjacent to an activating group) is 1. The molecule has 0 aromatic heterocycles. The van der Waals surface area contributed by atoms with Gasteiger partial charge in [-0.1, -0.05) is 67.1 Å². The van der Waals surface area contributed by atoms with Crippen LogP contribution in [0.15, 0.2) is 47.1 Å². The summed E-state index contributed by atoms with van der Waals surface area (Å²) in [6.45, 7) is 11.1. The zero-order chi connectivity index (χ0) is 18.0. The molecule has 3 rings (SSSR count). The fourth-order valence-corrected chi connectivity index (χ4v) is 7.15. The Morgan fingerprint density at radius 2 is 2.04 bits per heavy atom. The van der Waals surface area contributed by atoms with E-state index in [0.717, 1.165) is 17.4 Å². The van der Waals surface area contributed by atoms with Crippen molar-refractivity contribution >= 4 is 8.80 Å². The summed E-state index contributed by atoms with van der Waals surface area (Å²) in [5.74, 6) is 1.59. The van der Waals surface area contributed by atoms with E-state index >= 15 is 0 Å². The summed E-state index contributed by atoms with van der Waals surface area (Å²) >= 11 is 0. The molecule has 0 fully saturated rings. The Kier molecular flexibility index (Phi) is 6.22. The van der Waals surface area contributed by atoms with Crippen LogP contribution in [0.4, 0.5) is 0 Å². The SMILES string of the molecule is CCC1=CC(C2=C(C)CCC(C3C=CC=CC3)C2)N(C)CC1[SiH](C)C. The molecule has 0 spiro atoms. The third-order valence-corrected chi connectivity index (χ3v) is 9.17. The lowest BCUT2D eigenvalue weighted by Crippen LogP contribution is -2.42.